The molecular weight excluding hydrogens is 388 g/mol. The van der Waals surface area contributed by atoms with Gasteiger partial charge in [0.15, 0.2) is 0 Å². The van der Waals surface area contributed by atoms with Crippen molar-refractivity contribution in [3.63, 3.8) is 0 Å². The zero-order valence-corrected chi connectivity index (χ0v) is 18.5. The van der Waals surface area contributed by atoms with E-state index in [9.17, 15) is 9.59 Å². The number of benzene rings is 2. The molecule has 0 bridgehead atoms. The molecule has 2 saturated heterocycles. The molecule has 0 radical (unpaired) electrons. The second kappa shape index (κ2) is 9.41. The average Bonchev–Trinajstić information content (AvgIpc) is 3.32. The Kier molecular flexibility index (Phi) is 6.44. The highest BCUT2D eigenvalue weighted by Gasteiger charge is 2.25. The van der Waals surface area contributed by atoms with Crippen molar-refractivity contribution in [2.24, 2.45) is 0 Å². The van der Waals surface area contributed by atoms with E-state index >= 15 is 0 Å². The minimum absolute atomic E-state index is 0.0664. The molecule has 0 spiro atoms. The number of carbonyl (C=O) groups is 2. The quantitative estimate of drug-likeness (QED) is 0.717. The Bertz CT molecular complexity index is 960. The average molecular weight is 421 g/mol. The lowest BCUT2D eigenvalue weighted by molar-refractivity contribution is 0.0793. The summed E-state index contributed by atoms with van der Waals surface area (Å²) in [6.45, 7) is 7.58. The van der Waals surface area contributed by atoms with Crippen LogP contribution in [0.4, 0.5) is 21.9 Å². The Hall–Kier alpha value is -3.02. The lowest BCUT2D eigenvalue weighted by atomic mass is 10.1. The number of urea groups is 1. The molecule has 2 N–H and O–H groups in total. The summed E-state index contributed by atoms with van der Waals surface area (Å²) in [5.41, 5.74) is 5.26. The maximum absolute atomic E-state index is 13.3. The normalized spacial score (nSPS) is 16.3. The summed E-state index contributed by atoms with van der Waals surface area (Å²) in [4.78, 5) is 30.2. The van der Waals surface area contributed by atoms with Crippen molar-refractivity contribution in [3.05, 3.63) is 53.1 Å². The van der Waals surface area contributed by atoms with Crippen LogP contribution < -0.4 is 15.5 Å². The van der Waals surface area contributed by atoms with Crippen molar-refractivity contribution in [2.45, 2.75) is 46.0 Å². The summed E-state index contributed by atoms with van der Waals surface area (Å²) in [5.74, 6) is 0.0664. The van der Waals surface area contributed by atoms with E-state index in [1.165, 1.54) is 6.42 Å². The van der Waals surface area contributed by atoms with Gasteiger partial charge < -0.3 is 20.4 Å². The Morgan fingerprint density at radius 1 is 0.839 bits per heavy atom. The lowest BCUT2D eigenvalue weighted by Crippen LogP contribution is -2.34. The number of rotatable bonds is 4. The molecule has 2 aromatic carbocycles. The first-order chi connectivity index (χ1) is 15.0. The largest absolute Gasteiger partial charge is 0.371 e. The number of hydrogen-bond donors (Lipinski definition) is 2. The van der Waals surface area contributed by atoms with Gasteiger partial charge in [0.25, 0.3) is 5.91 Å². The van der Waals surface area contributed by atoms with Crippen molar-refractivity contribution in [3.8, 4) is 0 Å². The molecule has 6 nitrogen and oxygen atoms in total. The highest BCUT2D eigenvalue weighted by Crippen LogP contribution is 2.29. The first kappa shape index (κ1) is 21.2. The van der Waals surface area contributed by atoms with E-state index in [1.807, 2.05) is 55.1 Å². The van der Waals surface area contributed by atoms with Crippen LogP contribution in [0.3, 0.4) is 0 Å². The van der Waals surface area contributed by atoms with Gasteiger partial charge in [-0.2, -0.15) is 0 Å². The van der Waals surface area contributed by atoms with Crippen molar-refractivity contribution in [2.75, 3.05) is 41.7 Å². The van der Waals surface area contributed by atoms with E-state index in [1.54, 1.807) is 0 Å². The number of amides is 3. The third kappa shape index (κ3) is 4.84. The zero-order chi connectivity index (χ0) is 21.8. The summed E-state index contributed by atoms with van der Waals surface area (Å²) in [5, 5.41) is 5.84. The topological polar surface area (TPSA) is 64.7 Å². The second-order valence-electron chi connectivity index (χ2n) is 8.61. The molecule has 2 heterocycles. The maximum Gasteiger partial charge on any atom is 0.323 e. The van der Waals surface area contributed by atoms with Gasteiger partial charge in [-0.05, 0) is 81.3 Å². The standard InChI is InChI=1S/C25H32N4O2/c1-18-9-8-10-22(19(18)2)27-25(31)26-20-11-12-23(28-13-4-3-5-14-28)21(17-20)24(30)29-15-6-7-16-29/h8-12,17H,3-7,13-16H2,1-2H3,(H2,26,27,31). The van der Waals surface area contributed by atoms with Gasteiger partial charge in [0, 0.05) is 43.2 Å². The summed E-state index contributed by atoms with van der Waals surface area (Å²) < 4.78 is 0. The number of carbonyl (C=O) groups excluding carboxylic acids is 2. The Morgan fingerprint density at radius 2 is 1.55 bits per heavy atom. The first-order valence-electron chi connectivity index (χ1n) is 11.4. The number of nitrogens with zero attached hydrogens (tertiary/aromatic N) is 2. The van der Waals surface area contributed by atoms with Crippen LogP contribution in [0, 0.1) is 13.8 Å². The summed E-state index contributed by atoms with van der Waals surface area (Å²) in [6.07, 6.45) is 5.65. The number of hydrogen-bond acceptors (Lipinski definition) is 3. The second-order valence-corrected chi connectivity index (χ2v) is 8.61. The fraction of sp³-hybridized carbons (Fsp3) is 0.440. The fourth-order valence-electron chi connectivity index (χ4n) is 4.46. The van der Waals surface area contributed by atoms with E-state index in [0.717, 1.165) is 74.4 Å². The minimum Gasteiger partial charge on any atom is -0.371 e. The maximum atomic E-state index is 13.3. The van der Waals surface area contributed by atoms with Crippen LogP contribution in [0.2, 0.25) is 0 Å². The van der Waals surface area contributed by atoms with Crippen molar-refractivity contribution >= 4 is 29.0 Å². The van der Waals surface area contributed by atoms with Crippen molar-refractivity contribution in [1.29, 1.82) is 0 Å². The van der Waals surface area contributed by atoms with Gasteiger partial charge in [-0.15, -0.1) is 0 Å². The molecule has 164 valence electrons. The lowest BCUT2D eigenvalue weighted by Gasteiger charge is -2.31. The van der Waals surface area contributed by atoms with Crippen LogP contribution in [-0.2, 0) is 0 Å². The van der Waals surface area contributed by atoms with Crippen LogP contribution in [-0.4, -0.2) is 43.0 Å². The minimum atomic E-state index is -0.306. The Balaban J connectivity index is 1.56. The number of aryl methyl sites for hydroxylation is 1. The molecule has 2 fully saturated rings. The van der Waals surface area contributed by atoms with E-state index < -0.39 is 0 Å². The predicted molar refractivity (Wildman–Crippen MR) is 126 cm³/mol. The van der Waals surface area contributed by atoms with Gasteiger partial charge in [0.2, 0.25) is 0 Å². The third-order valence-electron chi connectivity index (χ3n) is 6.43. The van der Waals surface area contributed by atoms with Gasteiger partial charge in [-0.3, -0.25) is 4.79 Å². The summed E-state index contributed by atoms with van der Waals surface area (Å²) >= 11 is 0. The van der Waals surface area contributed by atoms with Crippen LogP contribution in [0.15, 0.2) is 36.4 Å². The van der Waals surface area contributed by atoms with Crippen LogP contribution in [0.1, 0.15) is 53.6 Å². The molecule has 0 saturated carbocycles. The Labute approximate surface area is 184 Å². The number of nitrogens with one attached hydrogen (secondary N) is 2. The molecule has 4 rings (SSSR count). The molecule has 2 aliphatic heterocycles. The number of anilines is 3. The first-order valence-corrected chi connectivity index (χ1v) is 11.4. The van der Waals surface area contributed by atoms with Crippen LogP contribution in [0.5, 0.6) is 0 Å². The monoisotopic (exact) mass is 420 g/mol. The van der Waals surface area contributed by atoms with E-state index in [0.29, 0.717) is 11.3 Å². The van der Waals surface area contributed by atoms with Gasteiger partial charge in [-0.25, -0.2) is 4.79 Å². The highest BCUT2D eigenvalue weighted by atomic mass is 16.2. The van der Waals surface area contributed by atoms with E-state index in [-0.39, 0.29) is 11.9 Å². The molecule has 3 amide bonds. The van der Waals surface area contributed by atoms with Gasteiger partial charge >= 0.3 is 6.03 Å². The number of piperidine rings is 1. The molecule has 0 atom stereocenters. The third-order valence-corrected chi connectivity index (χ3v) is 6.43. The molecular formula is C25H32N4O2. The summed E-state index contributed by atoms with van der Waals surface area (Å²) in [6, 6.07) is 11.3. The molecule has 0 aromatic heterocycles. The zero-order valence-electron chi connectivity index (χ0n) is 18.5. The molecule has 0 aliphatic carbocycles. The smallest absolute Gasteiger partial charge is 0.323 e. The molecule has 6 heteroatoms. The van der Waals surface area contributed by atoms with Gasteiger partial charge in [0.05, 0.1) is 5.56 Å². The molecule has 2 aliphatic rings. The summed E-state index contributed by atoms with van der Waals surface area (Å²) in [7, 11) is 0. The van der Waals surface area contributed by atoms with Gasteiger partial charge in [-0.1, -0.05) is 12.1 Å². The van der Waals surface area contributed by atoms with Crippen LogP contribution in [0.25, 0.3) is 0 Å². The SMILES string of the molecule is Cc1cccc(NC(=O)Nc2ccc(N3CCCCC3)c(C(=O)N3CCCC3)c2)c1C. The van der Waals surface area contributed by atoms with E-state index in [2.05, 4.69) is 15.5 Å². The van der Waals surface area contributed by atoms with E-state index in [4.69, 9.17) is 0 Å². The number of likely N-dealkylation sites (tertiary alicyclic amines) is 1. The van der Waals surface area contributed by atoms with Crippen molar-refractivity contribution in [1.82, 2.24) is 4.90 Å². The fourth-order valence-corrected chi connectivity index (χ4v) is 4.46. The van der Waals surface area contributed by atoms with Gasteiger partial charge in [0.1, 0.15) is 0 Å². The predicted octanol–water partition coefficient (Wildman–Crippen LogP) is 5.17. The van der Waals surface area contributed by atoms with Crippen LogP contribution >= 0.6 is 0 Å². The van der Waals surface area contributed by atoms with Crippen molar-refractivity contribution < 1.29 is 9.59 Å². The molecule has 0 unspecified atom stereocenters. The Morgan fingerprint density at radius 3 is 2.29 bits per heavy atom. The highest BCUT2D eigenvalue weighted by molar-refractivity contribution is 6.04. The molecule has 2 aromatic rings. The molecule has 31 heavy (non-hydrogen) atoms.